The highest BCUT2D eigenvalue weighted by Gasteiger charge is 2.52. The Bertz CT molecular complexity index is 2100. The molecule has 5 rings (SSSR count). The van der Waals surface area contributed by atoms with Crippen molar-refractivity contribution in [1.82, 2.24) is 4.90 Å². The average Bonchev–Trinajstić information content (AvgIpc) is 3.49. The second kappa shape index (κ2) is 23.5. The molecule has 62 heavy (non-hydrogen) atoms. The van der Waals surface area contributed by atoms with E-state index in [9.17, 15) is 28.8 Å². The number of carbonyl (C=O) groups excluding carboxylic acids is 6. The molecule has 1 aliphatic heterocycles. The molecule has 0 aromatic heterocycles. The van der Waals surface area contributed by atoms with E-state index in [4.69, 9.17) is 28.4 Å². The average molecular weight is 850 g/mol. The van der Waals surface area contributed by atoms with Crippen molar-refractivity contribution in [2.24, 2.45) is 5.92 Å². The van der Waals surface area contributed by atoms with Crippen LogP contribution < -0.4 is 9.47 Å². The topological polar surface area (TPSA) is 161 Å². The number of hydrogen-bond acceptors (Lipinski definition) is 12. The van der Waals surface area contributed by atoms with Gasteiger partial charge < -0.3 is 28.4 Å². The second-order valence-corrected chi connectivity index (χ2v) is 15.4. The Labute approximate surface area is 361 Å². The van der Waals surface area contributed by atoms with Crippen molar-refractivity contribution in [1.29, 1.82) is 0 Å². The summed E-state index contributed by atoms with van der Waals surface area (Å²) in [4.78, 5) is 77.7. The largest absolute Gasteiger partial charge is 0.494 e. The molecule has 0 radical (unpaired) electrons. The molecule has 0 spiro atoms. The molecule has 1 fully saturated rings. The molecular weight excluding hydrogens is 795 g/mol. The van der Waals surface area contributed by atoms with E-state index in [0.717, 1.165) is 90.0 Å². The zero-order valence-corrected chi connectivity index (χ0v) is 35.5. The van der Waals surface area contributed by atoms with Gasteiger partial charge in [0, 0.05) is 18.7 Å². The Balaban J connectivity index is 1.17. The zero-order chi connectivity index (χ0) is 44.4. The van der Waals surface area contributed by atoms with Gasteiger partial charge in [-0.2, -0.15) is 0 Å². The monoisotopic (exact) mass is 849 g/mol. The van der Waals surface area contributed by atoms with Crippen LogP contribution in [-0.2, 0) is 38.1 Å². The van der Waals surface area contributed by atoms with E-state index >= 15 is 0 Å². The highest BCUT2D eigenvalue weighted by molar-refractivity contribution is 6.10. The Morgan fingerprint density at radius 1 is 0.565 bits per heavy atom. The predicted octanol–water partition coefficient (Wildman–Crippen LogP) is 8.50. The summed E-state index contributed by atoms with van der Waals surface area (Å²) >= 11 is 0. The number of hydrogen-bond donors (Lipinski definition) is 0. The molecule has 0 N–H and O–H groups in total. The summed E-state index contributed by atoms with van der Waals surface area (Å²) in [6, 6.07) is 20.8. The number of likely N-dealkylation sites (tertiary alicyclic amines) is 1. The maximum Gasteiger partial charge on any atom is 0.339 e. The van der Waals surface area contributed by atoms with E-state index < -0.39 is 47.9 Å². The van der Waals surface area contributed by atoms with Gasteiger partial charge in [-0.05, 0) is 134 Å². The fourth-order valence-electron chi connectivity index (χ4n) is 6.71. The molecule has 328 valence electrons. The van der Waals surface area contributed by atoms with Crippen molar-refractivity contribution in [2.75, 3.05) is 33.0 Å². The minimum Gasteiger partial charge on any atom is -0.494 e. The van der Waals surface area contributed by atoms with Crippen molar-refractivity contribution < 1.29 is 57.2 Å². The summed E-state index contributed by atoms with van der Waals surface area (Å²) in [5, 5.41) is 3.08. The van der Waals surface area contributed by atoms with Crippen LogP contribution >= 0.6 is 0 Å². The molecule has 2 atom stereocenters. The SMILES string of the molecule is C=CC(=O)OCCCCCCOc1ccc2cc(C(=O)O[C@H]3C(=O)N(CCC(C)C)C(=O)[C@@H]3OC(=O)c3ccc4cc(OCCCCCCOC(=O)C=C)ccc4c3)ccc2c1. The van der Waals surface area contributed by atoms with Crippen LogP contribution in [0, 0.1) is 5.92 Å². The smallest absolute Gasteiger partial charge is 0.339 e. The first-order valence-electron chi connectivity index (χ1n) is 21.2. The van der Waals surface area contributed by atoms with Crippen LogP contribution in [0.5, 0.6) is 11.5 Å². The quantitative estimate of drug-likeness (QED) is 0.0206. The maximum atomic E-state index is 13.6. The van der Waals surface area contributed by atoms with Gasteiger partial charge in [-0.15, -0.1) is 0 Å². The van der Waals surface area contributed by atoms with Gasteiger partial charge in [0.1, 0.15) is 11.5 Å². The first-order valence-corrected chi connectivity index (χ1v) is 21.2. The molecule has 0 saturated carbocycles. The molecule has 1 aliphatic rings. The Kier molecular flexibility index (Phi) is 17.6. The molecular formula is C49H55NO12. The van der Waals surface area contributed by atoms with Gasteiger partial charge in [0.25, 0.3) is 11.8 Å². The van der Waals surface area contributed by atoms with E-state index in [1.54, 1.807) is 48.5 Å². The number of ether oxygens (including phenoxy) is 6. The van der Waals surface area contributed by atoms with Crippen molar-refractivity contribution in [3.05, 3.63) is 109 Å². The number of benzene rings is 4. The van der Waals surface area contributed by atoms with Gasteiger partial charge in [0.2, 0.25) is 12.2 Å². The van der Waals surface area contributed by atoms with E-state index in [0.29, 0.717) is 44.3 Å². The summed E-state index contributed by atoms with van der Waals surface area (Å²) in [5.74, 6) is -2.53. The number of imide groups is 1. The van der Waals surface area contributed by atoms with E-state index in [1.807, 2.05) is 38.1 Å². The summed E-state index contributed by atoms with van der Waals surface area (Å²) < 4.78 is 33.2. The Morgan fingerprint density at radius 3 is 1.35 bits per heavy atom. The van der Waals surface area contributed by atoms with Crippen LogP contribution in [0.3, 0.4) is 0 Å². The molecule has 4 aromatic carbocycles. The van der Waals surface area contributed by atoms with Crippen molar-refractivity contribution in [2.45, 2.75) is 83.8 Å². The van der Waals surface area contributed by atoms with Crippen LogP contribution in [0.1, 0.15) is 92.4 Å². The number of rotatable bonds is 25. The Hall–Kier alpha value is -6.50. The van der Waals surface area contributed by atoms with E-state index in [1.165, 1.54) is 0 Å². The van der Waals surface area contributed by atoms with Crippen LogP contribution in [0.25, 0.3) is 21.5 Å². The van der Waals surface area contributed by atoms with Crippen LogP contribution in [0.2, 0.25) is 0 Å². The maximum absolute atomic E-state index is 13.6. The van der Waals surface area contributed by atoms with Gasteiger partial charge in [0.15, 0.2) is 0 Å². The normalized spacial score (nSPS) is 14.8. The second-order valence-electron chi connectivity index (χ2n) is 15.4. The van der Waals surface area contributed by atoms with Crippen LogP contribution in [0.4, 0.5) is 0 Å². The fraction of sp³-hybridized carbons (Fsp3) is 0.388. The molecule has 0 aliphatic carbocycles. The third kappa shape index (κ3) is 13.5. The summed E-state index contributed by atoms with van der Waals surface area (Å²) in [7, 11) is 0. The van der Waals surface area contributed by atoms with E-state index in [2.05, 4.69) is 13.2 Å². The third-order valence-corrected chi connectivity index (χ3v) is 10.2. The fourth-order valence-corrected chi connectivity index (χ4v) is 6.71. The number of nitrogens with zero attached hydrogens (tertiary/aromatic N) is 1. The molecule has 1 heterocycles. The van der Waals surface area contributed by atoms with Gasteiger partial charge in [-0.3, -0.25) is 14.5 Å². The van der Waals surface area contributed by atoms with Crippen molar-refractivity contribution >= 4 is 57.2 Å². The molecule has 0 bridgehead atoms. The number of fused-ring (bicyclic) bond motifs is 2. The Morgan fingerprint density at radius 2 is 0.952 bits per heavy atom. The highest BCUT2D eigenvalue weighted by Crippen LogP contribution is 2.28. The molecule has 4 aromatic rings. The minimum atomic E-state index is -1.67. The minimum absolute atomic E-state index is 0.0820. The number of esters is 4. The number of unbranched alkanes of at least 4 members (excludes halogenated alkanes) is 6. The number of carbonyl (C=O) groups is 6. The zero-order valence-electron chi connectivity index (χ0n) is 35.5. The summed E-state index contributed by atoms with van der Waals surface area (Å²) in [6.07, 6.45) is 6.28. The van der Waals surface area contributed by atoms with Gasteiger partial charge in [0.05, 0.1) is 37.6 Å². The lowest BCUT2D eigenvalue weighted by atomic mass is 10.1. The first-order chi connectivity index (χ1) is 30.0. The van der Waals surface area contributed by atoms with Gasteiger partial charge in [-0.1, -0.05) is 51.3 Å². The van der Waals surface area contributed by atoms with Crippen LogP contribution in [-0.4, -0.2) is 85.8 Å². The summed E-state index contributed by atoms with van der Waals surface area (Å²) in [6.45, 7) is 12.5. The lowest BCUT2D eigenvalue weighted by Gasteiger charge is -2.17. The summed E-state index contributed by atoms with van der Waals surface area (Å²) in [5.41, 5.74) is 0.301. The lowest BCUT2D eigenvalue weighted by molar-refractivity contribution is -0.142. The molecule has 0 unspecified atom stereocenters. The van der Waals surface area contributed by atoms with E-state index in [-0.39, 0.29) is 23.6 Å². The standard InChI is InChI=1S/C49H55NO12/c1-5-42(51)59-27-13-9-7-11-25-57-40-21-19-34-29-38(17-15-36(34)31-40)48(55)61-44-45(47(54)50(46(44)53)24-23-33(3)4)62-49(56)39-18-16-37-32-41(22-20-35(37)30-39)58-26-12-8-10-14-28-60-43(52)6-2/h5-6,15-22,29-33,44-45H,1-2,7-14,23-28H2,3-4H3/t44-,45-/m1/s1. The van der Waals surface area contributed by atoms with Crippen LogP contribution in [0.15, 0.2) is 98.1 Å². The molecule has 13 heteroatoms. The van der Waals surface area contributed by atoms with Gasteiger partial charge in [-0.25, -0.2) is 19.2 Å². The highest BCUT2D eigenvalue weighted by atomic mass is 16.6. The predicted molar refractivity (Wildman–Crippen MR) is 233 cm³/mol. The first kappa shape index (κ1) is 46.6. The molecule has 1 saturated heterocycles. The molecule has 13 nitrogen and oxygen atoms in total. The lowest BCUT2D eigenvalue weighted by Crippen LogP contribution is -2.37. The van der Waals surface area contributed by atoms with Crippen molar-refractivity contribution in [3.63, 3.8) is 0 Å². The number of amides is 2. The molecule has 2 amide bonds. The van der Waals surface area contributed by atoms with Gasteiger partial charge >= 0.3 is 23.9 Å². The third-order valence-electron chi connectivity index (χ3n) is 10.2. The van der Waals surface area contributed by atoms with Crippen molar-refractivity contribution in [3.8, 4) is 11.5 Å².